The van der Waals surface area contributed by atoms with Crippen LogP contribution in [0.15, 0.2) is 24.5 Å². The molecule has 1 aromatic rings. The summed E-state index contributed by atoms with van der Waals surface area (Å²) < 4.78 is 0. The molecule has 0 bridgehead atoms. The summed E-state index contributed by atoms with van der Waals surface area (Å²) in [4.78, 5) is 17.5. The van der Waals surface area contributed by atoms with Crippen LogP contribution in [0.1, 0.15) is 23.7 Å². The Kier molecular flexibility index (Phi) is 2.44. The van der Waals surface area contributed by atoms with E-state index in [1.807, 2.05) is 6.92 Å². The fraction of sp³-hybridized carbons (Fsp3) is 0.455. The second kappa shape index (κ2) is 3.62. The van der Waals surface area contributed by atoms with Gasteiger partial charge in [0.25, 0.3) is 5.91 Å². The zero-order chi connectivity index (χ0) is 10.9. The highest BCUT2D eigenvalue weighted by Gasteiger charge is 2.40. The van der Waals surface area contributed by atoms with Crippen molar-refractivity contribution in [3.05, 3.63) is 30.1 Å². The smallest absolute Gasteiger partial charge is 0.255 e. The molecule has 0 atom stereocenters. The number of pyridine rings is 1. The first kappa shape index (κ1) is 10.1. The number of hydrogen-bond donors (Lipinski definition) is 1. The molecule has 0 aliphatic carbocycles. The van der Waals surface area contributed by atoms with Crippen molar-refractivity contribution < 1.29 is 4.79 Å². The number of hydrogen-bond acceptors (Lipinski definition) is 3. The van der Waals surface area contributed by atoms with Gasteiger partial charge in [-0.15, -0.1) is 0 Å². The third kappa shape index (κ3) is 1.85. The largest absolute Gasteiger partial charge is 0.335 e. The summed E-state index contributed by atoms with van der Waals surface area (Å²) in [7, 11) is 0. The van der Waals surface area contributed by atoms with Crippen LogP contribution in [-0.4, -0.2) is 34.4 Å². The second-order valence-electron chi connectivity index (χ2n) is 4.12. The molecule has 1 aliphatic rings. The van der Waals surface area contributed by atoms with Crippen LogP contribution in [0.4, 0.5) is 0 Å². The molecule has 15 heavy (non-hydrogen) atoms. The third-order valence-electron chi connectivity index (χ3n) is 2.91. The molecular weight excluding hydrogens is 190 g/mol. The average Bonchev–Trinajstić information content (AvgIpc) is 2.25. The van der Waals surface area contributed by atoms with Crippen molar-refractivity contribution in [2.24, 2.45) is 5.73 Å². The number of carbonyl (C=O) groups is 1. The molecule has 80 valence electrons. The average molecular weight is 205 g/mol. The van der Waals surface area contributed by atoms with Gasteiger partial charge in [0.05, 0.1) is 11.1 Å². The molecule has 4 nitrogen and oxygen atoms in total. The Labute approximate surface area is 89.1 Å². The molecule has 2 rings (SSSR count). The monoisotopic (exact) mass is 205 g/mol. The van der Waals surface area contributed by atoms with E-state index in [1.54, 1.807) is 29.4 Å². The van der Waals surface area contributed by atoms with Gasteiger partial charge in [-0.05, 0) is 18.6 Å². The fourth-order valence-electron chi connectivity index (χ4n) is 1.75. The van der Waals surface area contributed by atoms with Gasteiger partial charge in [-0.1, -0.05) is 6.92 Å². The highest BCUT2D eigenvalue weighted by atomic mass is 16.2. The highest BCUT2D eigenvalue weighted by Crippen LogP contribution is 2.23. The molecule has 1 aromatic heterocycles. The Morgan fingerprint density at radius 2 is 2.40 bits per heavy atom. The number of nitrogens with two attached hydrogens (primary N) is 1. The topological polar surface area (TPSA) is 59.2 Å². The normalized spacial score (nSPS) is 18.4. The van der Waals surface area contributed by atoms with Gasteiger partial charge in [0.15, 0.2) is 0 Å². The maximum absolute atomic E-state index is 11.9. The first-order valence-electron chi connectivity index (χ1n) is 5.13. The predicted molar refractivity (Wildman–Crippen MR) is 57.3 cm³/mol. The van der Waals surface area contributed by atoms with E-state index in [-0.39, 0.29) is 11.4 Å². The van der Waals surface area contributed by atoms with E-state index in [0.29, 0.717) is 18.7 Å². The van der Waals surface area contributed by atoms with Crippen LogP contribution in [-0.2, 0) is 0 Å². The number of amides is 1. The van der Waals surface area contributed by atoms with Crippen LogP contribution >= 0.6 is 0 Å². The lowest BCUT2D eigenvalue weighted by Gasteiger charge is -2.47. The van der Waals surface area contributed by atoms with Crippen LogP contribution < -0.4 is 5.73 Å². The van der Waals surface area contributed by atoms with E-state index in [2.05, 4.69) is 4.98 Å². The molecule has 1 fully saturated rings. The maximum Gasteiger partial charge on any atom is 0.255 e. The Morgan fingerprint density at radius 3 is 2.93 bits per heavy atom. The lowest BCUT2D eigenvalue weighted by atomic mass is 9.88. The summed E-state index contributed by atoms with van der Waals surface area (Å²) >= 11 is 0. The Bertz CT molecular complexity index is 357. The van der Waals surface area contributed by atoms with Gasteiger partial charge in [-0.25, -0.2) is 0 Å². The number of likely N-dealkylation sites (tertiary alicyclic amines) is 1. The minimum atomic E-state index is -0.169. The van der Waals surface area contributed by atoms with Crippen LogP contribution in [0, 0.1) is 0 Å². The molecule has 1 aliphatic heterocycles. The Balaban J connectivity index is 2.01. The molecule has 0 unspecified atom stereocenters. The first-order valence-corrected chi connectivity index (χ1v) is 5.13. The van der Waals surface area contributed by atoms with E-state index < -0.39 is 0 Å². The van der Waals surface area contributed by atoms with Gasteiger partial charge in [0.2, 0.25) is 0 Å². The van der Waals surface area contributed by atoms with E-state index in [9.17, 15) is 4.79 Å². The van der Waals surface area contributed by atoms with Crippen molar-refractivity contribution in [1.29, 1.82) is 0 Å². The minimum absolute atomic E-state index is 0.0256. The molecule has 4 heteroatoms. The van der Waals surface area contributed by atoms with Crippen molar-refractivity contribution in [2.45, 2.75) is 18.9 Å². The summed E-state index contributed by atoms with van der Waals surface area (Å²) in [5.74, 6) is 0.0256. The number of rotatable bonds is 2. The van der Waals surface area contributed by atoms with Crippen molar-refractivity contribution >= 4 is 5.91 Å². The van der Waals surface area contributed by atoms with Gasteiger partial charge >= 0.3 is 0 Å². The summed E-state index contributed by atoms with van der Waals surface area (Å²) in [5.41, 5.74) is 6.46. The van der Waals surface area contributed by atoms with Crippen LogP contribution in [0.2, 0.25) is 0 Å². The van der Waals surface area contributed by atoms with Crippen LogP contribution in [0.3, 0.4) is 0 Å². The standard InChI is InChI=1S/C11H15N3O/c1-2-11(12)7-14(8-11)10(15)9-4-3-5-13-6-9/h3-6H,2,7-8,12H2,1H3. The summed E-state index contributed by atoms with van der Waals surface area (Å²) in [6.07, 6.45) is 4.15. The minimum Gasteiger partial charge on any atom is -0.335 e. The molecule has 0 saturated carbocycles. The number of aromatic nitrogens is 1. The second-order valence-corrected chi connectivity index (χ2v) is 4.12. The van der Waals surface area contributed by atoms with Crippen molar-refractivity contribution in [3.63, 3.8) is 0 Å². The quantitative estimate of drug-likeness (QED) is 0.771. The Morgan fingerprint density at radius 1 is 1.67 bits per heavy atom. The van der Waals surface area contributed by atoms with Gasteiger partial charge in [0, 0.05) is 25.5 Å². The molecule has 0 aromatic carbocycles. The van der Waals surface area contributed by atoms with Crippen LogP contribution in [0.5, 0.6) is 0 Å². The van der Waals surface area contributed by atoms with E-state index in [1.165, 1.54) is 0 Å². The van der Waals surface area contributed by atoms with Crippen LogP contribution in [0.25, 0.3) is 0 Å². The zero-order valence-corrected chi connectivity index (χ0v) is 8.81. The summed E-state index contributed by atoms with van der Waals surface area (Å²) in [6.45, 7) is 3.35. The van der Waals surface area contributed by atoms with Crippen molar-refractivity contribution in [2.75, 3.05) is 13.1 Å². The predicted octanol–water partition coefficient (Wildman–Crippen LogP) is 0.645. The third-order valence-corrected chi connectivity index (χ3v) is 2.91. The van der Waals surface area contributed by atoms with E-state index in [0.717, 1.165) is 6.42 Å². The zero-order valence-electron chi connectivity index (χ0n) is 8.81. The molecule has 2 N–H and O–H groups in total. The Hall–Kier alpha value is -1.42. The first-order chi connectivity index (χ1) is 7.14. The lowest BCUT2D eigenvalue weighted by molar-refractivity contribution is 0.0401. The van der Waals surface area contributed by atoms with E-state index in [4.69, 9.17) is 5.73 Å². The lowest BCUT2D eigenvalue weighted by Crippen LogP contribution is -2.68. The summed E-state index contributed by atoms with van der Waals surface area (Å²) in [5, 5.41) is 0. The molecule has 0 radical (unpaired) electrons. The van der Waals surface area contributed by atoms with Gasteiger partial charge in [0.1, 0.15) is 0 Å². The molecule has 1 amide bonds. The van der Waals surface area contributed by atoms with Gasteiger partial charge < -0.3 is 10.6 Å². The summed E-state index contributed by atoms with van der Waals surface area (Å²) in [6, 6.07) is 3.54. The fourth-order valence-corrected chi connectivity index (χ4v) is 1.75. The maximum atomic E-state index is 11.9. The SMILES string of the molecule is CCC1(N)CN(C(=O)c2cccnc2)C1. The van der Waals surface area contributed by atoms with Crippen molar-refractivity contribution in [3.8, 4) is 0 Å². The number of nitrogens with zero attached hydrogens (tertiary/aromatic N) is 2. The molecular formula is C11H15N3O. The molecule has 2 heterocycles. The molecule has 0 spiro atoms. The van der Waals surface area contributed by atoms with Gasteiger partial charge in [-0.3, -0.25) is 9.78 Å². The molecule has 1 saturated heterocycles. The van der Waals surface area contributed by atoms with Gasteiger partial charge in [-0.2, -0.15) is 0 Å². The number of carbonyl (C=O) groups excluding carboxylic acids is 1. The highest BCUT2D eigenvalue weighted by molar-refractivity contribution is 5.94. The van der Waals surface area contributed by atoms with E-state index >= 15 is 0 Å². The van der Waals surface area contributed by atoms with Crippen molar-refractivity contribution in [1.82, 2.24) is 9.88 Å².